The first-order valence-electron chi connectivity index (χ1n) is 9.40. The molecule has 1 aromatic heterocycles. The number of hydrogen-bond acceptors (Lipinski definition) is 6. The molecule has 0 aliphatic heterocycles. The molecule has 0 fully saturated rings. The molecule has 7 nitrogen and oxygen atoms in total. The fraction of sp³-hybridized carbons (Fsp3) is 0.286. The molecule has 158 valence electrons. The van der Waals surface area contributed by atoms with Gasteiger partial charge in [-0.1, -0.05) is 47.5 Å². The molecule has 1 N–H and O–H groups in total. The largest absolute Gasteiger partial charge is 0.497 e. The number of halogens is 2. The van der Waals surface area contributed by atoms with Gasteiger partial charge in [0.15, 0.2) is 17.7 Å². The third-order valence-corrected chi connectivity index (χ3v) is 4.91. The quantitative estimate of drug-likeness (QED) is 0.492. The predicted octanol–water partition coefficient (Wildman–Crippen LogP) is 4.48. The summed E-state index contributed by atoms with van der Waals surface area (Å²) in [4.78, 5) is 12.6. The summed E-state index contributed by atoms with van der Waals surface area (Å²) in [6, 6.07) is 12.6. The van der Waals surface area contributed by atoms with E-state index in [4.69, 9.17) is 32.7 Å². The van der Waals surface area contributed by atoms with Crippen LogP contribution in [0, 0.1) is 0 Å². The lowest BCUT2D eigenvalue weighted by Gasteiger charge is -2.17. The minimum absolute atomic E-state index is 0.0605. The highest BCUT2D eigenvalue weighted by Crippen LogP contribution is 2.28. The molecule has 0 amide bonds. The molecule has 2 aromatic carbocycles. The molecule has 0 radical (unpaired) electrons. The Kier molecular flexibility index (Phi) is 7.54. The van der Waals surface area contributed by atoms with Crippen molar-refractivity contribution >= 4 is 34.8 Å². The van der Waals surface area contributed by atoms with Crippen molar-refractivity contribution in [3.8, 4) is 11.5 Å². The van der Waals surface area contributed by atoms with Gasteiger partial charge in [-0.05, 0) is 42.3 Å². The van der Waals surface area contributed by atoms with Gasteiger partial charge in [-0.25, -0.2) is 4.68 Å². The van der Waals surface area contributed by atoms with Crippen LogP contribution in [0.15, 0.2) is 48.7 Å². The number of carbonyl (C=O) groups is 1. The molecule has 3 aromatic rings. The van der Waals surface area contributed by atoms with Crippen molar-refractivity contribution in [2.75, 3.05) is 19.0 Å². The summed E-state index contributed by atoms with van der Waals surface area (Å²) in [7, 11) is 1.63. The van der Waals surface area contributed by atoms with Gasteiger partial charge < -0.3 is 14.8 Å². The maximum Gasteiger partial charge on any atom is 0.192 e. The zero-order chi connectivity index (χ0) is 21.5. The number of ether oxygens (including phenoxy) is 2. The van der Waals surface area contributed by atoms with Gasteiger partial charge in [-0.15, -0.1) is 5.10 Å². The number of rotatable bonds is 10. The van der Waals surface area contributed by atoms with Crippen LogP contribution in [-0.4, -0.2) is 40.5 Å². The van der Waals surface area contributed by atoms with E-state index < -0.39 is 6.10 Å². The molecular formula is C21H22Cl2N4O3. The number of nitrogens with zero attached hydrogens (tertiary/aromatic N) is 3. The van der Waals surface area contributed by atoms with Crippen LogP contribution < -0.4 is 14.8 Å². The Morgan fingerprint density at radius 1 is 1.20 bits per heavy atom. The number of anilines is 1. The number of ketones is 1. The van der Waals surface area contributed by atoms with E-state index >= 15 is 0 Å². The molecule has 0 saturated heterocycles. The lowest BCUT2D eigenvalue weighted by atomic mass is 10.2. The molecule has 1 unspecified atom stereocenters. The first kappa shape index (κ1) is 21.9. The van der Waals surface area contributed by atoms with Crippen LogP contribution in [-0.2, 0) is 11.3 Å². The van der Waals surface area contributed by atoms with Gasteiger partial charge in [0.1, 0.15) is 11.5 Å². The molecule has 3 rings (SSSR count). The molecule has 1 atom stereocenters. The molecule has 9 heteroatoms. The molecular weight excluding hydrogens is 427 g/mol. The number of nitrogens with one attached hydrogen (secondary N) is 1. The van der Waals surface area contributed by atoms with E-state index in [2.05, 4.69) is 15.6 Å². The van der Waals surface area contributed by atoms with Crippen molar-refractivity contribution in [3.63, 3.8) is 0 Å². The Labute approximate surface area is 184 Å². The number of Topliss-reactive ketones (excluding diaryl/α,β-unsaturated/α-hetero) is 1. The summed E-state index contributed by atoms with van der Waals surface area (Å²) in [5.41, 5.74) is 1.06. The maximum absolute atomic E-state index is 12.6. The lowest BCUT2D eigenvalue weighted by Crippen LogP contribution is -2.32. The molecule has 1 heterocycles. The van der Waals surface area contributed by atoms with Crippen LogP contribution in [0.5, 0.6) is 11.5 Å². The second-order valence-electron chi connectivity index (χ2n) is 6.56. The van der Waals surface area contributed by atoms with Crippen molar-refractivity contribution in [1.82, 2.24) is 15.0 Å². The zero-order valence-electron chi connectivity index (χ0n) is 16.6. The van der Waals surface area contributed by atoms with Gasteiger partial charge in [-0.3, -0.25) is 4.79 Å². The summed E-state index contributed by atoms with van der Waals surface area (Å²) in [5.74, 6) is 1.61. The van der Waals surface area contributed by atoms with Gasteiger partial charge in [0.25, 0.3) is 0 Å². The summed E-state index contributed by atoms with van der Waals surface area (Å²) in [6.45, 7) is 2.49. The molecule has 0 bridgehead atoms. The fourth-order valence-corrected chi connectivity index (χ4v) is 3.22. The molecule has 0 spiro atoms. The van der Waals surface area contributed by atoms with E-state index in [9.17, 15) is 4.79 Å². The van der Waals surface area contributed by atoms with E-state index in [-0.39, 0.29) is 12.3 Å². The highest BCUT2D eigenvalue weighted by Gasteiger charge is 2.20. The second kappa shape index (κ2) is 10.3. The van der Waals surface area contributed by atoms with Crippen LogP contribution in [0.3, 0.4) is 0 Å². The Hall–Kier alpha value is -2.77. The van der Waals surface area contributed by atoms with Crippen molar-refractivity contribution in [1.29, 1.82) is 0 Å². The topological polar surface area (TPSA) is 78.3 Å². The highest BCUT2D eigenvalue weighted by molar-refractivity contribution is 6.35. The maximum atomic E-state index is 12.6. The number of aromatic nitrogens is 3. The fourth-order valence-electron chi connectivity index (χ4n) is 2.77. The van der Waals surface area contributed by atoms with Gasteiger partial charge in [-0.2, -0.15) is 0 Å². The van der Waals surface area contributed by atoms with Crippen LogP contribution in [0.2, 0.25) is 10.0 Å². The lowest BCUT2D eigenvalue weighted by molar-refractivity contribution is -0.124. The number of carbonyl (C=O) groups excluding carboxylic acids is 1. The first-order chi connectivity index (χ1) is 14.5. The molecule has 0 aliphatic rings. The standard InChI is InChI=1S/C21H22Cl2N4O3/c1-3-19(30-20-9-6-15(22)10-17(20)23)18(28)11-24-21-13-27(26-25-21)12-14-4-7-16(29-2)8-5-14/h4-10,13,19,24H,3,11-12H2,1-2H3. The zero-order valence-corrected chi connectivity index (χ0v) is 18.2. The van der Waals surface area contributed by atoms with Gasteiger partial charge >= 0.3 is 0 Å². The number of benzene rings is 2. The Balaban J connectivity index is 1.54. The predicted molar refractivity (Wildman–Crippen MR) is 117 cm³/mol. The Morgan fingerprint density at radius 2 is 1.97 bits per heavy atom. The third-order valence-electron chi connectivity index (χ3n) is 4.38. The van der Waals surface area contributed by atoms with E-state index in [0.29, 0.717) is 34.6 Å². The monoisotopic (exact) mass is 448 g/mol. The average Bonchev–Trinajstić information content (AvgIpc) is 3.19. The molecule has 0 aliphatic carbocycles. The normalized spacial score (nSPS) is 11.7. The molecule has 0 saturated carbocycles. The van der Waals surface area contributed by atoms with E-state index in [1.54, 1.807) is 36.2 Å². The van der Waals surface area contributed by atoms with E-state index in [0.717, 1.165) is 11.3 Å². The van der Waals surface area contributed by atoms with Gasteiger partial charge in [0, 0.05) is 5.02 Å². The number of methoxy groups -OCH3 is 1. The minimum atomic E-state index is -0.634. The SMILES string of the molecule is CCC(Oc1ccc(Cl)cc1Cl)C(=O)CNc1cn(Cc2ccc(OC)cc2)nn1. The summed E-state index contributed by atoms with van der Waals surface area (Å²) >= 11 is 12.0. The Bertz CT molecular complexity index is 992. The molecule has 30 heavy (non-hydrogen) atoms. The van der Waals surface area contributed by atoms with Crippen molar-refractivity contribution in [3.05, 3.63) is 64.3 Å². The summed E-state index contributed by atoms with van der Waals surface area (Å²) < 4.78 is 12.6. The van der Waals surface area contributed by atoms with Crippen LogP contribution in [0.1, 0.15) is 18.9 Å². The Morgan fingerprint density at radius 3 is 2.63 bits per heavy atom. The summed E-state index contributed by atoms with van der Waals surface area (Å²) in [6.07, 6.45) is 1.62. The van der Waals surface area contributed by atoms with Crippen LogP contribution in [0.4, 0.5) is 5.82 Å². The number of hydrogen-bond donors (Lipinski definition) is 1. The third kappa shape index (κ3) is 5.87. The average molecular weight is 449 g/mol. The van der Waals surface area contributed by atoms with Crippen molar-refractivity contribution in [2.45, 2.75) is 26.0 Å². The highest BCUT2D eigenvalue weighted by atomic mass is 35.5. The van der Waals surface area contributed by atoms with Crippen LogP contribution in [0.25, 0.3) is 0 Å². The smallest absolute Gasteiger partial charge is 0.192 e. The second-order valence-corrected chi connectivity index (χ2v) is 7.40. The van der Waals surface area contributed by atoms with Crippen molar-refractivity contribution in [2.24, 2.45) is 0 Å². The first-order valence-corrected chi connectivity index (χ1v) is 10.2. The van der Waals surface area contributed by atoms with Crippen LogP contribution >= 0.6 is 23.2 Å². The minimum Gasteiger partial charge on any atom is -0.497 e. The van der Waals surface area contributed by atoms with E-state index in [1.807, 2.05) is 31.2 Å². The van der Waals surface area contributed by atoms with Gasteiger partial charge in [0.05, 0.1) is 31.4 Å². The summed E-state index contributed by atoms with van der Waals surface area (Å²) in [5, 5.41) is 12.0. The van der Waals surface area contributed by atoms with E-state index in [1.165, 1.54) is 0 Å². The van der Waals surface area contributed by atoms with Gasteiger partial charge in [0.2, 0.25) is 0 Å². The van der Waals surface area contributed by atoms with Crippen molar-refractivity contribution < 1.29 is 14.3 Å².